The van der Waals surface area contributed by atoms with Gasteiger partial charge in [-0.05, 0) is 46.0 Å². The molecule has 0 aliphatic heterocycles. The summed E-state index contributed by atoms with van der Waals surface area (Å²) in [6.45, 7) is 3.19. The van der Waals surface area contributed by atoms with Crippen molar-refractivity contribution in [3.8, 4) is 0 Å². The summed E-state index contributed by atoms with van der Waals surface area (Å²) in [6.07, 6.45) is 14.4. The largest absolute Gasteiger partial charge is 0.300 e. The Kier molecular flexibility index (Phi) is 14.5. The van der Waals surface area contributed by atoms with Gasteiger partial charge in [0.1, 0.15) is 16.8 Å². The van der Waals surface area contributed by atoms with E-state index in [2.05, 4.69) is 0 Å². The van der Waals surface area contributed by atoms with Crippen LogP contribution in [0.1, 0.15) is 97.3 Å². The molecule has 5 nitrogen and oxygen atoms in total. The van der Waals surface area contributed by atoms with Crippen LogP contribution in [0.25, 0.3) is 0 Å². The molecule has 0 aliphatic rings. The van der Waals surface area contributed by atoms with Gasteiger partial charge >= 0.3 is 0 Å². The zero-order valence-corrected chi connectivity index (χ0v) is 17.2. The predicted octanol–water partition coefficient (Wildman–Crippen LogP) is 5.05. The Hall–Kier alpha value is -1.01. The highest BCUT2D eigenvalue weighted by Crippen LogP contribution is 2.15. The molecule has 0 radical (unpaired) electrons. The fourth-order valence-corrected chi connectivity index (χ4v) is 3.61. The Bertz CT molecular complexity index is 522. The maximum Gasteiger partial charge on any atom is 0.271 e. The summed E-state index contributed by atoms with van der Waals surface area (Å²) in [5, 5.41) is -0.822. The molecule has 0 fully saturated rings. The lowest BCUT2D eigenvalue weighted by Gasteiger charge is -2.09. The summed E-state index contributed by atoms with van der Waals surface area (Å²) in [4.78, 5) is 21.7. The normalized spacial score (nSPS) is 13.2. The van der Waals surface area contributed by atoms with E-state index in [-0.39, 0.29) is 11.6 Å². The summed E-state index contributed by atoms with van der Waals surface area (Å²) in [6, 6.07) is 0. The molecule has 0 aromatic heterocycles. The maximum atomic E-state index is 11.5. The molecule has 0 rings (SSSR count). The molecule has 0 aromatic carbocycles. The van der Waals surface area contributed by atoms with Gasteiger partial charge in [0.05, 0.1) is 0 Å². The van der Waals surface area contributed by atoms with Gasteiger partial charge in [0.25, 0.3) is 10.1 Å². The van der Waals surface area contributed by atoms with E-state index in [1.54, 1.807) is 19.9 Å². The number of allylic oxidation sites excluding steroid dienone is 1. The van der Waals surface area contributed by atoms with E-state index in [4.69, 9.17) is 0 Å². The second kappa shape index (κ2) is 15.1. The number of carbonyl (C=O) groups is 2. The highest BCUT2D eigenvalue weighted by atomic mass is 32.2. The van der Waals surface area contributed by atoms with E-state index in [1.807, 2.05) is 6.08 Å². The molecule has 152 valence electrons. The lowest BCUT2D eigenvalue weighted by Crippen LogP contribution is -2.17. The molecule has 0 aliphatic carbocycles. The average Bonchev–Trinajstić information content (AvgIpc) is 2.52. The van der Waals surface area contributed by atoms with Crippen molar-refractivity contribution in [3.05, 3.63) is 12.2 Å². The fraction of sp³-hybridized carbons (Fsp3) is 0.800. The first kappa shape index (κ1) is 25.0. The first-order valence-electron chi connectivity index (χ1n) is 9.85. The number of rotatable bonds is 17. The third-order valence-electron chi connectivity index (χ3n) is 4.40. The van der Waals surface area contributed by atoms with Crippen molar-refractivity contribution >= 4 is 21.7 Å². The number of unbranched alkanes of at least 4 members (excludes halogenated alkanes) is 8. The van der Waals surface area contributed by atoms with Crippen LogP contribution in [0.5, 0.6) is 0 Å². The Morgan fingerprint density at radius 3 is 1.77 bits per heavy atom. The van der Waals surface area contributed by atoms with Crippen molar-refractivity contribution in [3.63, 3.8) is 0 Å². The molecule has 0 heterocycles. The van der Waals surface area contributed by atoms with Gasteiger partial charge in [-0.25, -0.2) is 0 Å². The van der Waals surface area contributed by atoms with Gasteiger partial charge in [-0.2, -0.15) is 8.42 Å². The fourth-order valence-electron chi connectivity index (χ4n) is 2.83. The number of ketones is 2. The summed E-state index contributed by atoms with van der Waals surface area (Å²) < 4.78 is 32.3. The van der Waals surface area contributed by atoms with Crippen molar-refractivity contribution in [1.82, 2.24) is 0 Å². The van der Waals surface area contributed by atoms with E-state index >= 15 is 0 Å². The van der Waals surface area contributed by atoms with Gasteiger partial charge < -0.3 is 9.59 Å². The molecule has 0 bridgehead atoms. The minimum Gasteiger partial charge on any atom is -0.300 e. The predicted molar refractivity (Wildman–Crippen MR) is 106 cm³/mol. The van der Waals surface area contributed by atoms with Gasteiger partial charge in [-0.3, -0.25) is 4.55 Å². The number of hydrogen-bond acceptors (Lipinski definition) is 4. The molecule has 0 amide bonds. The van der Waals surface area contributed by atoms with Gasteiger partial charge in [0.2, 0.25) is 0 Å². The topological polar surface area (TPSA) is 88.5 Å². The van der Waals surface area contributed by atoms with Crippen molar-refractivity contribution < 1.29 is 22.6 Å². The smallest absolute Gasteiger partial charge is 0.271 e. The third kappa shape index (κ3) is 16.5. The van der Waals surface area contributed by atoms with E-state index < -0.39 is 15.4 Å². The van der Waals surface area contributed by atoms with Crippen LogP contribution in [-0.2, 0) is 19.7 Å². The minimum absolute atomic E-state index is 0.209. The van der Waals surface area contributed by atoms with Crippen LogP contribution in [0.4, 0.5) is 0 Å². The zero-order chi connectivity index (χ0) is 19.8. The maximum absolute atomic E-state index is 11.5. The molecular formula is C20H36O5S. The first-order chi connectivity index (χ1) is 12.2. The molecule has 0 spiro atoms. The standard InChI is InChI=1S/C20H36O5S/c1-18(21)14-10-6-3-4-8-12-16-20(26(23,24)25)17-13-9-5-7-11-15-19(2)22/h12,16,20H,3-11,13-15,17H2,1-2H3,(H,23,24,25)/b16-12+. The van der Waals surface area contributed by atoms with Crippen LogP contribution < -0.4 is 0 Å². The average molecular weight is 389 g/mol. The van der Waals surface area contributed by atoms with Crippen molar-refractivity contribution in [2.24, 2.45) is 0 Å². The summed E-state index contributed by atoms with van der Waals surface area (Å²) in [5.41, 5.74) is 0. The molecule has 0 aromatic rings. The summed E-state index contributed by atoms with van der Waals surface area (Å²) in [5.74, 6) is 0.431. The van der Waals surface area contributed by atoms with E-state index in [9.17, 15) is 22.6 Å². The summed E-state index contributed by atoms with van der Waals surface area (Å²) >= 11 is 0. The lowest BCUT2D eigenvalue weighted by atomic mass is 10.1. The van der Waals surface area contributed by atoms with Gasteiger partial charge in [0.15, 0.2) is 0 Å². The van der Waals surface area contributed by atoms with Crippen LogP contribution in [0.2, 0.25) is 0 Å². The van der Waals surface area contributed by atoms with Gasteiger partial charge in [-0.15, -0.1) is 0 Å². The highest BCUT2D eigenvalue weighted by Gasteiger charge is 2.18. The lowest BCUT2D eigenvalue weighted by molar-refractivity contribution is -0.117. The van der Waals surface area contributed by atoms with Crippen LogP contribution >= 0.6 is 0 Å². The second-order valence-electron chi connectivity index (χ2n) is 7.14. The van der Waals surface area contributed by atoms with Crippen LogP contribution in [-0.4, -0.2) is 29.8 Å². The zero-order valence-electron chi connectivity index (χ0n) is 16.4. The molecule has 0 saturated heterocycles. The van der Waals surface area contributed by atoms with Crippen LogP contribution in [0.15, 0.2) is 12.2 Å². The SMILES string of the molecule is CC(=O)CCCCCC/C=C/C(CCCCCCCC(C)=O)S(=O)(=O)O. The van der Waals surface area contributed by atoms with Gasteiger partial charge in [0, 0.05) is 12.8 Å². The van der Waals surface area contributed by atoms with E-state index in [0.29, 0.717) is 19.3 Å². The Morgan fingerprint density at radius 1 is 0.808 bits per heavy atom. The van der Waals surface area contributed by atoms with Crippen molar-refractivity contribution in [1.29, 1.82) is 0 Å². The van der Waals surface area contributed by atoms with Crippen LogP contribution in [0.3, 0.4) is 0 Å². The van der Waals surface area contributed by atoms with Crippen LogP contribution in [0, 0.1) is 0 Å². The second-order valence-corrected chi connectivity index (χ2v) is 8.78. The quantitative estimate of drug-likeness (QED) is 0.214. The van der Waals surface area contributed by atoms with Crippen molar-refractivity contribution in [2.75, 3.05) is 0 Å². The molecular weight excluding hydrogens is 352 g/mol. The Morgan fingerprint density at radius 2 is 1.27 bits per heavy atom. The van der Waals surface area contributed by atoms with Gasteiger partial charge in [-0.1, -0.05) is 50.7 Å². The molecule has 1 atom stereocenters. The highest BCUT2D eigenvalue weighted by molar-refractivity contribution is 7.86. The third-order valence-corrected chi connectivity index (χ3v) is 5.56. The Balaban J connectivity index is 3.92. The first-order valence-corrected chi connectivity index (χ1v) is 11.4. The van der Waals surface area contributed by atoms with E-state index in [0.717, 1.165) is 64.2 Å². The number of carbonyl (C=O) groups excluding carboxylic acids is 2. The Labute approximate surface area is 159 Å². The monoisotopic (exact) mass is 388 g/mol. The molecule has 1 unspecified atom stereocenters. The molecule has 26 heavy (non-hydrogen) atoms. The molecule has 0 saturated carbocycles. The number of Topliss-reactive ketones (excluding diaryl/α,β-unsaturated/α-hetero) is 2. The van der Waals surface area contributed by atoms with E-state index in [1.165, 1.54) is 0 Å². The minimum atomic E-state index is -4.05. The number of hydrogen-bond donors (Lipinski definition) is 1. The summed E-state index contributed by atoms with van der Waals surface area (Å²) in [7, 11) is -4.05. The van der Waals surface area contributed by atoms with Crippen molar-refractivity contribution in [2.45, 2.75) is 103 Å². The molecule has 1 N–H and O–H groups in total. The molecule has 6 heteroatoms.